The molecule has 1 heterocycles. The van der Waals surface area contributed by atoms with E-state index in [0.717, 1.165) is 27.6 Å². The number of carbonyl (C=O) groups excluding carboxylic acids is 1. The van der Waals surface area contributed by atoms with Crippen molar-refractivity contribution in [2.75, 3.05) is 11.4 Å². The minimum Gasteiger partial charge on any atom is -0.457 e. The molecule has 0 radical (unpaired) electrons. The highest BCUT2D eigenvalue weighted by molar-refractivity contribution is 6.35. The maximum atomic E-state index is 11.7. The van der Waals surface area contributed by atoms with Crippen molar-refractivity contribution in [1.82, 2.24) is 4.98 Å². The first-order valence-electron chi connectivity index (χ1n) is 9.97. The second-order valence-electron chi connectivity index (χ2n) is 7.16. The number of pyridine rings is 1. The van der Waals surface area contributed by atoms with E-state index in [9.17, 15) is 4.79 Å². The van der Waals surface area contributed by atoms with E-state index >= 15 is 0 Å². The molecule has 0 atom stereocenters. The molecule has 0 bridgehead atoms. The van der Waals surface area contributed by atoms with Gasteiger partial charge in [0.15, 0.2) is 0 Å². The van der Waals surface area contributed by atoms with Gasteiger partial charge in [-0.05, 0) is 60.9 Å². The number of aromatic nitrogens is 1. The van der Waals surface area contributed by atoms with Gasteiger partial charge < -0.3 is 10.5 Å². The van der Waals surface area contributed by atoms with Crippen LogP contribution in [0.2, 0.25) is 5.02 Å². The van der Waals surface area contributed by atoms with Crippen molar-refractivity contribution in [3.63, 3.8) is 0 Å². The molecule has 0 aliphatic rings. The van der Waals surface area contributed by atoms with Crippen molar-refractivity contribution in [3.05, 3.63) is 83.5 Å². The fraction of sp³-hybridized carbons (Fsp3) is 0.120. The summed E-state index contributed by atoms with van der Waals surface area (Å²) < 4.78 is 6.11. The van der Waals surface area contributed by atoms with Crippen molar-refractivity contribution in [1.29, 1.82) is 0 Å². The minimum absolute atomic E-state index is 0.477. The number of nitrogens with two attached hydrogens (primary N) is 1. The van der Waals surface area contributed by atoms with Crippen molar-refractivity contribution in [3.8, 4) is 22.6 Å². The Morgan fingerprint density at radius 2 is 1.77 bits per heavy atom. The van der Waals surface area contributed by atoms with Gasteiger partial charge in [-0.15, -0.1) is 0 Å². The van der Waals surface area contributed by atoms with E-state index in [0.29, 0.717) is 28.8 Å². The number of anilines is 1. The van der Waals surface area contributed by atoms with Crippen molar-refractivity contribution < 1.29 is 9.53 Å². The summed E-state index contributed by atoms with van der Waals surface area (Å²) in [6.45, 7) is 4.38. The number of primary amides is 1. The molecule has 31 heavy (non-hydrogen) atoms. The Hall–Kier alpha value is -3.57. The molecule has 0 spiro atoms. The normalized spacial score (nSPS) is 10.8. The number of rotatable bonds is 5. The molecular formula is C25H22ClN3O2. The molecular weight excluding hydrogens is 410 g/mol. The number of halogens is 1. The van der Waals surface area contributed by atoms with E-state index in [1.54, 1.807) is 6.07 Å². The van der Waals surface area contributed by atoms with Crippen LogP contribution in [0.25, 0.3) is 22.0 Å². The lowest BCUT2D eigenvalue weighted by Crippen LogP contribution is -2.35. The summed E-state index contributed by atoms with van der Waals surface area (Å²) in [6, 6.07) is 20.5. The van der Waals surface area contributed by atoms with Crippen LogP contribution >= 0.6 is 11.6 Å². The van der Waals surface area contributed by atoms with Gasteiger partial charge in [0.25, 0.3) is 0 Å². The minimum atomic E-state index is -0.500. The third kappa shape index (κ3) is 4.18. The van der Waals surface area contributed by atoms with Gasteiger partial charge in [0, 0.05) is 29.9 Å². The number of urea groups is 1. The Kier molecular flexibility index (Phi) is 5.78. The average Bonchev–Trinajstić information content (AvgIpc) is 2.74. The number of para-hydroxylation sites is 1. The largest absolute Gasteiger partial charge is 0.457 e. The predicted molar refractivity (Wildman–Crippen MR) is 126 cm³/mol. The van der Waals surface area contributed by atoms with Crippen LogP contribution in [-0.4, -0.2) is 17.6 Å². The lowest BCUT2D eigenvalue weighted by Gasteiger charge is -2.19. The van der Waals surface area contributed by atoms with Crippen molar-refractivity contribution in [2.45, 2.75) is 13.8 Å². The van der Waals surface area contributed by atoms with E-state index in [-0.39, 0.29) is 0 Å². The highest BCUT2D eigenvalue weighted by atomic mass is 35.5. The molecule has 0 fully saturated rings. The second-order valence-corrected chi connectivity index (χ2v) is 7.57. The van der Waals surface area contributed by atoms with Gasteiger partial charge >= 0.3 is 6.03 Å². The lowest BCUT2D eigenvalue weighted by atomic mass is 9.97. The Morgan fingerprint density at radius 3 is 2.52 bits per heavy atom. The molecule has 0 saturated carbocycles. The number of aryl methyl sites for hydroxylation is 1. The zero-order chi connectivity index (χ0) is 22.0. The summed E-state index contributed by atoms with van der Waals surface area (Å²) in [5.41, 5.74) is 10.1. The first-order valence-corrected chi connectivity index (χ1v) is 10.3. The number of ether oxygens (including phenoxy) is 1. The van der Waals surface area contributed by atoms with Gasteiger partial charge in [0.05, 0.1) is 10.5 Å². The number of carbonyl (C=O) groups is 1. The van der Waals surface area contributed by atoms with E-state index in [1.807, 2.05) is 80.7 Å². The molecule has 0 saturated heterocycles. The Labute approximate surface area is 186 Å². The molecule has 4 aromatic rings. The average molecular weight is 432 g/mol. The number of hydrogen-bond acceptors (Lipinski definition) is 3. The zero-order valence-corrected chi connectivity index (χ0v) is 18.1. The van der Waals surface area contributed by atoms with Crippen LogP contribution in [0.5, 0.6) is 11.5 Å². The lowest BCUT2D eigenvalue weighted by molar-refractivity contribution is 0.254. The molecule has 3 aromatic carbocycles. The van der Waals surface area contributed by atoms with Gasteiger partial charge in [-0.1, -0.05) is 41.9 Å². The van der Waals surface area contributed by atoms with E-state index < -0.39 is 6.03 Å². The van der Waals surface area contributed by atoms with E-state index in [1.165, 1.54) is 4.90 Å². The molecule has 2 amide bonds. The van der Waals surface area contributed by atoms with Crippen LogP contribution in [0, 0.1) is 6.92 Å². The van der Waals surface area contributed by atoms with Crippen LogP contribution in [0.4, 0.5) is 10.5 Å². The quantitative estimate of drug-likeness (QED) is 0.389. The second kappa shape index (κ2) is 8.66. The smallest absolute Gasteiger partial charge is 0.319 e. The highest BCUT2D eigenvalue weighted by Gasteiger charge is 2.13. The molecule has 0 unspecified atom stereocenters. The predicted octanol–water partition coefficient (Wildman–Crippen LogP) is 6.56. The Bertz CT molecular complexity index is 1270. The van der Waals surface area contributed by atoms with E-state index in [4.69, 9.17) is 22.1 Å². The number of amides is 2. The van der Waals surface area contributed by atoms with Gasteiger partial charge in [-0.25, -0.2) is 4.79 Å². The zero-order valence-electron chi connectivity index (χ0n) is 17.3. The maximum Gasteiger partial charge on any atom is 0.319 e. The molecule has 2 N–H and O–H groups in total. The summed E-state index contributed by atoms with van der Waals surface area (Å²) in [7, 11) is 0. The highest BCUT2D eigenvalue weighted by Crippen LogP contribution is 2.36. The summed E-state index contributed by atoms with van der Waals surface area (Å²) >= 11 is 6.36. The van der Waals surface area contributed by atoms with Gasteiger partial charge in [0.2, 0.25) is 0 Å². The number of benzene rings is 3. The van der Waals surface area contributed by atoms with Crippen LogP contribution in [0.1, 0.15) is 12.5 Å². The van der Waals surface area contributed by atoms with Gasteiger partial charge in [-0.2, -0.15) is 0 Å². The Balaban J connectivity index is 1.71. The third-order valence-electron chi connectivity index (χ3n) is 5.11. The summed E-state index contributed by atoms with van der Waals surface area (Å²) in [5.74, 6) is 1.30. The number of nitrogens with zero attached hydrogens (tertiary/aromatic N) is 2. The first kappa shape index (κ1) is 20.7. The number of hydrogen-bond donors (Lipinski definition) is 1. The number of fused-ring (bicyclic) bond motifs is 1. The fourth-order valence-corrected chi connectivity index (χ4v) is 3.92. The van der Waals surface area contributed by atoms with Gasteiger partial charge in [0.1, 0.15) is 11.5 Å². The topological polar surface area (TPSA) is 68.5 Å². The molecule has 156 valence electrons. The summed E-state index contributed by atoms with van der Waals surface area (Å²) in [6.07, 6.45) is 1.84. The summed E-state index contributed by atoms with van der Waals surface area (Å²) in [5, 5.41) is 1.62. The maximum absolute atomic E-state index is 11.7. The van der Waals surface area contributed by atoms with Crippen LogP contribution < -0.4 is 15.4 Å². The first-order chi connectivity index (χ1) is 15.0. The standard InChI is InChI=1S/C25H22ClN3O2/c1-3-29(25(27)30)18-8-5-10-20(14-18)31-19-9-4-7-17(13-19)23-16(2)15-28-24-21(23)11-6-12-22(24)26/h4-15H,3H2,1-2H3,(H2,27,30). The third-order valence-corrected chi connectivity index (χ3v) is 5.41. The fourth-order valence-electron chi connectivity index (χ4n) is 3.70. The molecule has 5 nitrogen and oxygen atoms in total. The molecule has 1 aromatic heterocycles. The monoisotopic (exact) mass is 431 g/mol. The molecule has 4 rings (SSSR count). The molecule has 0 aliphatic heterocycles. The van der Waals surface area contributed by atoms with Crippen LogP contribution in [0.15, 0.2) is 72.9 Å². The van der Waals surface area contributed by atoms with Crippen LogP contribution in [-0.2, 0) is 0 Å². The van der Waals surface area contributed by atoms with E-state index in [2.05, 4.69) is 4.98 Å². The van der Waals surface area contributed by atoms with Crippen molar-refractivity contribution >= 4 is 34.2 Å². The van der Waals surface area contributed by atoms with Crippen LogP contribution in [0.3, 0.4) is 0 Å². The summed E-state index contributed by atoms with van der Waals surface area (Å²) in [4.78, 5) is 17.6. The van der Waals surface area contributed by atoms with Crippen molar-refractivity contribution in [2.24, 2.45) is 5.73 Å². The molecule has 0 aliphatic carbocycles. The Morgan fingerprint density at radius 1 is 1.06 bits per heavy atom. The van der Waals surface area contributed by atoms with Gasteiger partial charge in [-0.3, -0.25) is 9.88 Å². The molecule has 6 heteroatoms. The SMILES string of the molecule is CCN(C(N)=O)c1cccc(Oc2cccc(-c3c(C)cnc4c(Cl)cccc34)c2)c1.